The minimum atomic E-state index is -0.703. The molecule has 43 heavy (non-hydrogen) atoms. The van der Waals surface area contributed by atoms with Gasteiger partial charge in [-0.05, 0) is 135 Å². The van der Waals surface area contributed by atoms with E-state index >= 15 is 0 Å². The zero-order chi connectivity index (χ0) is 29.8. The van der Waals surface area contributed by atoms with E-state index < -0.39 is 5.97 Å². The number of morpholine rings is 1. The first-order valence-electron chi connectivity index (χ1n) is 18.0. The number of carboxylic acid groups (broad SMARTS) is 1. The third kappa shape index (κ3) is 4.51. The van der Waals surface area contributed by atoms with E-state index in [-0.39, 0.29) is 36.2 Å². The highest BCUT2D eigenvalue weighted by atomic mass is 16.7. The molecule has 2 spiro atoms. The third-order valence-electron chi connectivity index (χ3n) is 15.2. The summed E-state index contributed by atoms with van der Waals surface area (Å²) in [6.07, 6.45) is 17.0. The van der Waals surface area contributed by atoms with Crippen LogP contribution >= 0.6 is 0 Å². The lowest BCUT2D eigenvalue weighted by molar-refractivity contribution is -0.244. The molecular weight excluding hydrogens is 542 g/mol. The number of ether oxygens (including phenoxy) is 3. The van der Waals surface area contributed by atoms with E-state index in [2.05, 4.69) is 20.8 Å². The lowest BCUT2D eigenvalue weighted by Gasteiger charge is -2.60. The average Bonchev–Trinajstić information content (AvgIpc) is 3.89. The fraction of sp³-hybridized carbons (Fsp3) is 0.944. The summed E-state index contributed by atoms with van der Waals surface area (Å²) in [5.74, 6) is 3.11. The fourth-order valence-corrected chi connectivity index (χ4v) is 12.8. The van der Waals surface area contributed by atoms with Crippen LogP contribution in [-0.2, 0) is 23.8 Å². The largest absolute Gasteiger partial charge is 0.481 e. The predicted octanol–water partition coefficient (Wildman–Crippen LogP) is 6.43. The summed E-state index contributed by atoms with van der Waals surface area (Å²) in [6, 6.07) is 0. The molecule has 1 amide bonds. The van der Waals surface area contributed by atoms with Crippen molar-refractivity contribution < 1.29 is 28.9 Å². The van der Waals surface area contributed by atoms with Crippen LogP contribution in [0.3, 0.4) is 0 Å². The Morgan fingerprint density at radius 2 is 1.74 bits per heavy atom. The van der Waals surface area contributed by atoms with Crippen molar-refractivity contribution in [2.75, 3.05) is 19.7 Å². The summed E-state index contributed by atoms with van der Waals surface area (Å²) in [5, 5.41) is 9.21. The topological polar surface area (TPSA) is 85.3 Å². The fourth-order valence-electron chi connectivity index (χ4n) is 12.8. The number of carbonyl (C=O) groups is 2. The highest BCUT2D eigenvalue weighted by molar-refractivity contribution is 5.76. The monoisotopic (exact) mass is 597 g/mol. The molecule has 11 atom stereocenters. The van der Waals surface area contributed by atoms with Crippen LogP contribution in [0.5, 0.6) is 0 Å². The summed E-state index contributed by atoms with van der Waals surface area (Å²) in [4.78, 5) is 26.0. The zero-order valence-corrected chi connectivity index (χ0v) is 26.9. The van der Waals surface area contributed by atoms with E-state index in [0.29, 0.717) is 72.6 Å². The standard InChI is InChI=1S/C36H55NO6/c1-33(2)28-10-9-24-26-19-27-25(8-6-23(42-27)7-11-31(39)40)34(26,3)14-15-35(24)21-36(28,35)13-12-29(33)43-32-20-37(16-17-41-32)30(38)18-22-4-5-22/h22-29,32H,4-21H2,1-3H3,(H,39,40)/t23?,24?,25?,26?,27?,28?,29-,32?,34+,35-,36?/m0/s1. The van der Waals surface area contributed by atoms with Crippen molar-refractivity contribution in [3.63, 3.8) is 0 Å². The second-order valence-corrected chi connectivity index (χ2v) is 17.3. The minimum absolute atomic E-state index is 0.0985. The van der Waals surface area contributed by atoms with E-state index in [4.69, 9.17) is 14.2 Å². The molecule has 8 unspecified atom stereocenters. The second kappa shape index (κ2) is 10.2. The van der Waals surface area contributed by atoms with Gasteiger partial charge in [0.05, 0.1) is 31.5 Å². The van der Waals surface area contributed by atoms with Crippen molar-refractivity contribution >= 4 is 11.9 Å². The van der Waals surface area contributed by atoms with Gasteiger partial charge in [-0.15, -0.1) is 0 Å². The zero-order valence-electron chi connectivity index (χ0n) is 26.9. The van der Waals surface area contributed by atoms with Gasteiger partial charge in [0.25, 0.3) is 0 Å². The van der Waals surface area contributed by atoms with Gasteiger partial charge in [0.15, 0.2) is 6.29 Å². The van der Waals surface area contributed by atoms with Crippen LogP contribution in [0.25, 0.3) is 0 Å². The Labute approximate surface area is 258 Å². The molecule has 0 aromatic heterocycles. The van der Waals surface area contributed by atoms with Gasteiger partial charge in [-0.25, -0.2) is 0 Å². The van der Waals surface area contributed by atoms with Crippen molar-refractivity contribution in [1.82, 2.24) is 4.90 Å². The molecule has 0 aromatic carbocycles. The Hall–Kier alpha value is -1.18. The Morgan fingerprint density at radius 3 is 2.53 bits per heavy atom. The molecule has 240 valence electrons. The molecule has 2 saturated heterocycles. The SMILES string of the molecule is CC1(C)C2CCC3C4CC5OC(CCC(=O)O)CCC5[C@@]4(C)CC[C@]34CC24CC[C@@H]1OC1CN(C(=O)CC2CC2)CCO1. The summed E-state index contributed by atoms with van der Waals surface area (Å²) >= 11 is 0. The summed E-state index contributed by atoms with van der Waals surface area (Å²) in [6.45, 7) is 9.44. The molecular formula is C36H55NO6. The van der Waals surface area contributed by atoms with Crippen LogP contribution in [0, 0.1) is 51.2 Å². The predicted molar refractivity (Wildman–Crippen MR) is 161 cm³/mol. The van der Waals surface area contributed by atoms with Gasteiger partial charge in [-0.2, -0.15) is 0 Å². The van der Waals surface area contributed by atoms with Crippen LogP contribution in [0.2, 0.25) is 0 Å². The Bertz CT molecular complexity index is 1140. The number of carbonyl (C=O) groups excluding carboxylic acids is 1. The summed E-state index contributed by atoms with van der Waals surface area (Å²) < 4.78 is 19.6. The van der Waals surface area contributed by atoms with Crippen molar-refractivity contribution in [3.05, 3.63) is 0 Å². The number of carboxylic acids is 1. The molecule has 2 aliphatic heterocycles. The van der Waals surface area contributed by atoms with Gasteiger partial charge < -0.3 is 24.2 Å². The smallest absolute Gasteiger partial charge is 0.303 e. The molecule has 0 aromatic rings. The van der Waals surface area contributed by atoms with Crippen LogP contribution in [0.4, 0.5) is 0 Å². The first-order valence-corrected chi connectivity index (χ1v) is 18.0. The number of fused-ring (bicyclic) bond motifs is 4. The van der Waals surface area contributed by atoms with E-state index in [1.165, 1.54) is 64.2 Å². The Kier molecular flexibility index (Phi) is 6.91. The van der Waals surface area contributed by atoms with Gasteiger partial charge in [-0.3, -0.25) is 9.59 Å². The lowest BCUT2D eigenvalue weighted by Crippen LogP contribution is -2.56. The second-order valence-electron chi connectivity index (χ2n) is 17.3. The molecule has 0 radical (unpaired) electrons. The van der Waals surface area contributed by atoms with Crippen LogP contribution < -0.4 is 0 Å². The van der Waals surface area contributed by atoms with Crippen molar-refractivity contribution in [2.45, 2.75) is 142 Å². The van der Waals surface area contributed by atoms with Crippen LogP contribution in [0.15, 0.2) is 0 Å². The normalized spacial score (nSPS) is 49.6. The van der Waals surface area contributed by atoms with Crippen LogP contribution in [0.1, 0.15) is 117 Å². The van der Waals surface area contributed by atoms with Gasteiger partial charge >= 0.3 is 5.97 Å². The molecule has 8 rings (SSSR count). The van der Waals surface area contributed by atoms with Crippen molar-refractivity contribution in [1.29, 1.82) is 0 Å². The summed E-state index contributed by atoms with van der Waals surface area (Å²) in [7, 11) is 0. The lowest BCUT2D eigenvalue weighted by atomic mass is 9.46. The molecule has 6 aliphatic carbocycles. The number of nitrogens with zero attached hydrogens (tertiary/aromatic N) is 1. The molecule has 0 bridgehead atoms. The quantitative estimate of drug-likeness (QED) is 0.364. The van der Waals surface area contributed by atoms with Crippen LogP contribution in [-0.4, -0.2) is 66.2 Å². The molecule has 8 fully saturated rings. The number of hydrogen-bond acceptors (Lipinski definition) is 5. The number of aliphatic carboxylic acids is 1. The molecule has 7 heteroatoms. The van der Waals surface area contributed by atoms with E-state index in [1.54, 1.807) is 0 Å². The average molecular weight is 598 g/mol. The van der Waals surface area contributed by atoms with Crippen molar-refractivity contribution in [3.8, 4) is 0 Å². The molecule has 1 N–H and O–H groups in total. The number of amides is 1. The third-order valence-corrected chi connectivity index (χ3v) is 15.2. The van der Waals surface area contributed by atoms with E-state index in [9.17, 15) is 14.7 Å². The number of rotatable bonds is 7. The van der Waals surface area contributed by atoms with Gasteiger partial charge in [0.1, 0.15) is 0 Å². The minimum Gasteiger partial charge on any atom is -0.481 e. The van der Waals surface area contributed by atoms with Gasteiger partial charge in [-0.1, -0.05) is 20.8 Å². The van der Waals surface area contributed by atoms with Gasteiger partial charge in [0, 0.05) is 19.4 Å². The maximum absolute atomic E-state index is 12.8. The first-order chi connectivity index (χ1) is 20.6. The number of hydrogen-bond donors (Lipinski definition) is 1. The molecule has 2 heterocycles. The van der Waals surface area contributed by atoms with E-state index in [1.807, 2.05) is 4.90 Å². The highest BCUT2D eigenvalue weighted by Gasteiger charge is 2.80. The first kappa shape index (κ1) is 29.2. The van der Waals surface area contributed by atoms with E-state index in [0.717, 1.165) is 24.7 Å². The molecule has 7 nitrogen and oxygen atoms in total. The molecule has 6 saturated carbocycles. The Morgan fingerprint density at radius 1 is 0.930 bits per heavy atom. The van der Waals surface area contributed by atoms with Gasteiger partial charge in [0.2, 0.25) is 5.91 Å². The molecule has 8 aliphatic rings. The summed E-state index contributed by atoms with van der Waals surface area (Å²) in [5.41, 5.74) is 1.46. The maximum atomic E-state index is 12.8. The maximum Gasteiger partial charge on any atom is 0.303 e. The highest BCUT2D eigenvalue weighted by Crippen LogP contribution is 2.87. The Balaban J connectivity index is 0.943. The van der Waals surface area contributed by atoms with Crippen molar-refractivity contribution in [2.24, 2.45) is 51.2 Å².